The number of likely N-dealkylation sites (N-methyl/N-ethyl adjacent to an activating group) is 1. The van der Waals surface area contributed by atoms with Crippen molar-refractivity contribution in [1.82, 2.24) is 0 Å². The maximum atomic E-state index is 13.3. The number of aliphatic hydroxyl groups excluding tert-OH is 1. The first-order chi connectivity index (χ1) is 17.7. The number of Topliss-reactive ketones (excluding diaryl/α,β-unsaturated/α-hetero) is 1. The Balaban J connectivity index is 1.46. The fraction of sp³-hybridized carbons (Fsp3) is 0.333. The Morgan fingerprint density at radius 1 is 0.947 bits per heavy atom. The second kappa shape index (κ2) is 8.23. The summed E-state index contributed by atoms with van der Waals surface area (Å²) in [6.45, 7) is 7.91. The lowest BCUT2D eigenvalue weighted by molar-refractivity contribution is -0.401. The van der Waals surface area contributed by atoms with Gasteiger partial charge in [-0.3, -0.25) is 4.79 Å². The summed E-state index contributed by atoms with van der Waals surface area (Å²) in [5, 5.41) is 30.0. The quantitative estimate of drug-likeness (QED) is 0.418. The summed E-state index contributed by atoms with van der Waals surface area (Å²) < 4.78 is 1.93. The number of carbonyl (C=O) groups excluding carboxylic acids is 1. The second-order valence-electron chi connectivity index (χ2n) is 11.3. The molecule has 3 aliphatic rings. The minimum Gasteiger partial charge on any atom is -0.478 e. The van der Waals surface area contributed by atoms with E-state index in [2.05, 4.69) is 0 Å². The SMILES string of the molecule is CN1C(=CC2C(=O)C(=CC3=[N+](C)c4ccc(C(=O)O)cc4C3(C)C)C2O)C(C)(C)c2cc(C(=O)O)ccc21. The molecule has 3 N–H and O–H groups in total. The van der Waals surface area contributed by atoms with Crippen LogP contribution in [0.5, 0.6) is 0 Å². The average Bonchev–Trinajstić information content (AvgIpc) is 3.17. The molecule has 5 rings (SSSR count). The molecule has 8 heteroatoms. The summed E-state index contributed by atoms with van der Waals surface area (Å²) in [5.74, 6) is -2.89. The highest BCUT2D eigenvalue weighted by Gasteiger charge is 2.49. The number of carbonyl (C=O) groups is 3. The standard InChI is InChI=1S/C30H30N2O6/c1-29(2)19-11-15(27(35)36)7-9-21(19)31(5)23(29)13-17-25(33)18(26(17)34)14-24-30(3,4)20-12-16(28(37)38)8-10-22(20)32(24)6/h7-14,17,25,33H,1-6H3,(H-,35,36,37,38)/p+1. The number of anilines is 1. The Morgan fingerprint density at radius 2 is 1.53 bits per heavy atom. The number of aliphatic hydroxyl groups is 1. The smallest absolute Gasteiger partial charge is 0.335 e. The molecule has 0 spiro atoms. The van der Waals surface area contributed by atoms with Crippen LogP contribution < -0.4 is 4.90 Å². The van der Waals surface area contributed by atoms with Gasteiger partial charge in [-0.05, 0) is 49.7 Å². The van der Waals surface area contributed by atoms with Crippen LogP contribution in [0.25, 0.3) is 0 Å². The predicted molar refractivity (Wildman–Crippen MR) is 143 cm³/mol. The highest BCUT2D eigenvalue weighted by Crippen LogP contribution is 2.49. The number of benzene rings is 2. The lowest BCUT2D eigenvalue weighted by Crippen LogP contribution is -2.46. The van der Waals surface area contributed by atoms with E-state index in [4.69, 9.17) is 0 Å². The van der Waals surface area contributed by atoms with E-state index in [0.29, 0.717) is 5.57 Å². The Kier molecular flexibility index (Phi) is 5.54. The Bertz CT molecular complexity index is 1540. The number of hydrogen-bond acceptors (Lipinski definition) is 5. The fourth-order valence-electron chi connectivity index (χ4n) is 6.12. The molecule has 1 aliphatic carbocycles. The van der Waals surface area contributed by atoms with Gasteiger partial charge in [-0.15, -0.1) is 0 Å². The summed E-state index contributed by atoms with van der Waals surface area (Å²) in [7, 11) is 3.74. The highest BCUT2D eigenvalue weighted by atomic mass is 16.4. The van der Waals surface area contributed by atoms with Gasteiger partial charge in [-0.25, -0.2) is 9.59 Å². The van der Waals surface area contributed by atoms with Crippen LogP contribution in [0.3, 0.4) is 0 Å². The van der Waals surface area contributed by atoms with Gasteiger partial charge < -0.3 is 20.2 Å². The Hall–Kier alpha value is -4.04. The molecule has 196 valence electrons. The topological polar surface area (TPSA) is 118 Å². The van der Waals surface area contributed by atoms with E-state index in [1.54, 1.807) is 48.6 Å². The average molecular weight is 516 g/mol. The number of carboxylic acids is 2. The van der Waals surface area contributed by atoms with Crippen LogP contribution in [0.4, 0.5) is 11.4 Å². The van der Waals surface area contributed by atoms with Gasteiger partial charge in [0.25, 0.3) is 0 Å². The minimum atomic E-state index is -1.00. The molecule has 2 aromatic rings. The summed E-state index contributed by atoms with van der Waals surface area (Å²) in [6, 6.07) is 10.00. The molecule has 0 aromatic heterocycles. The molecule has 2 heterocycles. The molecule has 2 unspecified atom stereocenters. The van der Waals surface area contributed by atoms with Crippen molar-refractivity contribution in [3.63, 3.8) is 0 Å². The molecule has 2 aliphatic heterocycles. The first kappa shape index (κ1) is 25.6. The first-order valence-corrected chi connectivity index (χ1v) is 12.4. The van der Waals surface area contributed by atoms with Gasteiger partial charge in [-0.2, -0.15) is 4.58 Å². The van der Waals surface area contributed by atoms with Crippen molar-refractivity contribution >= 4 is 34.8 Å². The molecule has 0 saturated heterocycles. The molecule has 2 aromatic carbocycles. The van der Waals surface area contributed by atoms with E-state index < -0.39 is 34.8 Å². The predicted octanol–water partition coefficient (Wildman–Crippen LogP) is 3.89. The molecule has 38 heavy (non-hydrogen) atoms. The van der Waals surface area contributed by atoms with Crippen molar-refractivity contribution in [3.05, 3.63) is 82.1 Å². The summed E-state index contributed by atoms with van der Waals surface area (Å²) >= 11 is 0. The van der Waals surface area contributed by atoms with Crippen molar-refractivity contribution in [1.29, 1.82) is 0 Å². The third-order valence-electron chi connectivity index (χ3n) is 8.44. The zero-order valence-corrected chi connectivity index (χ0v) is 22.2. The van der Waals surface area contributed by atoms with Gasteiger partial charge >= 0.3 is 11.9 Å². The number of allylic oxidation sites excluding steroid dienone is 2. The summed E-state index contributed by atoms with van der Waals surface area (Å²) in [6.07, 6.45) is 2.54. The van der Waals surface area contributed by atoms with Gasteiger partial charge in [0.2, 0.25) is 5.69 Å². The summed E-state index contributed by atoms with van der Waals surface area (Å²) in [5.41, 5.74) is 4.65. The van der Waals surface area contributed by atoms with Crippen LogP contribution in [0, 0.1) is 5.92 Å². The zero-order chi connectivity index (χ0) is 27.9. The molecule has 0 amide bonds. The van der Waals surface area contributed by atoms with E-state index in [-0.39, 0.29) is 16.9 Å². The monoisotopic (exact) mass is 515 g/mol. The van der Waals surface area contributed by atoms with Crippen LogP contribution in [0.1, 0.15) is 59.5 Å². The Labute approximate surface area is 220 Å². The highest BCUT2D eigenvalue weighted by molar-refractivity contribution is 6.14. The van der Waals surface area contributed by atoms with Crippen molar-refractivity contribution in [3.8, 4) is 0 Å². The fourth-order valence-corrected chi connectivity index (χ4v) is 6.12. The number of fused-ring (bicyclic) bond motifs is 2. The van der Waals surface area contributed by atoms with Crippen LogP contribution in [0.2, 0.25) is 0 Å². The number of ketones is 1. The van der Waals surface area contributed by atoms with Crippen molar-refractivity contribution in [2.45, 2.75) is 44.6 Å². The minimum absolute atomic E-state index is 0.171. The summed E-state index contributed by atoms with van der Waals surface area (Å²) in [4.78, 5) is 38.3. The lowest BCUT2D eigenvalue weighted by Gasteiger charge is -2.35. The van der Waals surface area contributed by atoms with E-state index in [0.717, 1.165) is 33.9 Å². The van der Waals surface area contributed by atoms with Crippen LogP contribution in [0.15, 0.2) is 59.8 Å². The zero-order valence-electron chi connectivity index (χ0n) is 22.2. The molecule has 0 radical (unpaired) electrons. The Morgan fingerprint density at radius 3 is 2.11 bits per heavy atom. The van der Waals surface area contributed by atoms with E-state index in [1.165, 1.54) is 0 Å². The van der Waals surface area contributed by atoms with Crippen molar-refractivity contribution in [2.75, 3.05) is 19.0 Å². The van der Waals surface area contributed by atoms with E-state index in [9.17, 15) is 29.7 Å². The van der Waals surface area contributed by atoms with Gasteiger partial charge in [0.15, 0.2) is 11.5 Å². The molecule has 2 atom stereocenters. The van der Waals surface area contributed by atoms with Crippen LogP contribution >= 0.6 is 0 Å². The number of nitrogens with zero attached hydrogens (tertiary/aromatic N) is 2. The van der Waals surface area contributed by atoms with Gasteiger partial charge in [0, 0.05) is 47.1 Å². The molecule has 8 nitrogen and oxygen atoms in total. The van der Waals surface area contributed by atoms with Gasteiger partial charge in [0.05, 0.1) is 28.6 Å². The van der Waals surface area contributed by atoms with Crippen LogP contribution in [-0.2, 0) is 15.6 Å². The first-order valence-electron chi connectivity index (χ1n) is 12.4. The number of aromatic carboxylic acids is 2. The lowest BCUT2D eigenvalue weighted by atomic mass is 9.71. The number of carboxylic acid groups (broad SMARTS) is 2. The molecular weight excluding hydrogens is 484 g/mol. The van der Waals surface area contributed by atoms with Crippen molar-refractivity contribution in [2.24, 2.45) is 5.92 Å². The maximum absolute atomic E-state index is 13.3. The second-order valence-corrected chi connectivity index (χ2v) is 11.3. The number of hydrogen-bond donors (Lipinski definition) is 3. The molecule has 0 bridgehead atoms. The largest absolute Gasteiger partial charge is 0.478 e. The number of rotatable bonds is 4. The third kappa shape index (κ3) is 3.47. The van der Waals surface area contributed by atoms with Crippen molar-refractivity contribution < 1.29 is 34.3 Å². The van der Waals surface area contributed by atoms with E-state index >= 15 is 0 Å². The normalized spacial score (nSPS) is 25.0. The maximum Gasteiger partial charge on any atom is 0.335 e. The van der Waals surface area contributed by atoms with Gasteiger partial charge in [-0.1, -0.05) is 19.9 Å². The molecular formula is C30H31N2O6+. The molecule has 1 fully saturated rings. The van der Waals surface area contributed by atoms with E-state index in [1.807, 2.05) is 51.3 Å². The third-order valence-corrected chi connectivity index (χ3v) is 8.44. The van der Waals surface area contributed by atoms with Gasteiger partial charge in [0.1, 0.15) is 7.05 Å². The van der Waals surface area contributed by atoms with Crippen LogP contribution in [-0.4, -0.2) is 63.5 Å². The molecule has 1 saturated carbocycles.